The normalized spacial score (nSPS) is 11.0. The number of ether oxygens (including phenoxy) is 1. The number of anilines is 2. The van der Waals surface area contributed by atoms with Crippen molar-refractivity contribution in [1.29, 1.82) is 0 Å². The molecule has 0 amide bonds. The lowest BCUT2D eigenvalue weighted by Crippen LogP contribution is -2.27. The van der Waals surface area contributed by atoms with Crippen LogP contribution in [0, 0.1) is 5.41 Å². The van der Waals surface area contributed by atoms with Crippen LogP contribution in [-0.2, 0) is 9.53 Å². The van der Waals surface area contributed by atoms with E-state index in [1.165, 1.54) is 13.4 Å². The van der Waals surface area contributed by atoms with Gasteiger partial charge in [-0.2, -0.15) is 0 Å². The summed E-state index contributed by atoms with van der Waals surface area (Å²) in [6.45, 7) is 7.40. The molecule has 0 aliphatic rings. The molecule has 1 N–H and O–H groups in total. The van der Waals surface area contributed by atoms with Crippen molar-refractivity contribution >= 4 is 17.6 Å². The Balaban J connectivity index is 2.68. The van der Waals surface area contributed by atoms with Crippen molar-refractivity contribution in [2.45, 2.75) is 20.8 Å². The maximum atomic E-state index is 11.2. The van der Waals surface area contributed by atoms with Gasteiger partial charge in [0.25, 0.3) is 0 Å². The number of carbonyl (C=O) groups is 1. The van der Waals surface area contributed by atoms with Crippen LogP contribution in [0.25, 0.3) is 0 Å². The molecule has 0 aromatic carbocycles. The fraction of sp³-hybridized carbons (Fsp3) is 0.615. The van der Waals surface area contributed by atoms with E-state index in [0.717, 1.165) is 12.4 Å². The summed E-state index contributed by atoms with van der Waals surface area (Å²) in [6, 6.07) is 1.81. The summed E-state index contributed by atoms with van der Waals surface area (Å²) in [5, 5.41) is 3.25. The number of nitrogens with one attached hydrogen (secondary N) is 1. The van der Waals surface area contributed by atoms with Crippen molar-refractivity contribution in [2.24, 2.45) is 5.41 Å². The van der Waals surface area contributed by atoms with Crippen molar-refractivity contribution in [1.82, 2.24) is 9.97 Å². The molecule has 0 aliphatic carbocycles. The zero-order valence-corrected chi connectivity index (χ0v) is 12.2. The molecule has 0 saturated carbocycles. The van der Waals surface area contributed by atoms with Crippen LogP contribution >= 0.6 is 0 Å². The van der Waals surface area contributed by atoms with E-state index in [9.17, 15) is 4.79 Å². The Morgan fingerprint density at radius 2 is 2.11 bits per heavy atom. The number of esters is 1. The van der Waals surface area contributed by atoms with Gasteiger partial charge >= 0.3 is 5.97 Å². The average molecular weight is 266 g/mol. The Hall–Kier alpha value is -1.85. The lowest BCUT2D eigenvalue weighted by molar-refractivity contribution is -0.138. The van der Waals surface area contributed by atoms with E-state index >= 15 is 0 Å². The molecule has 1 aromatic heterocycles. The maximum Gasteiger partial charge on any atom is 0.325 e. The van der Waals surface area contributed by atoms with Crippen LogP contribution in [0.15, 0.2) is 12.4 Å². The molecule has 0 fully saturated rings. The number of hydrogen-bond donors (Lipinski definition) is 1. The standard InChI is InChI=1S/C13H22N4O2/c1-13(2,3)8-14-10-6-11(16-9-15-10)17(4)7-12(18)19-5/h6,9H,7-8H2,1-5H3,(H,14,15,16). The van der Waals surface area contributed by atoms with Gasteiger partial charge in [0.2, 0.25) is 0 Å². The summed E-state index contributed by atoms with van der Waals surface area (Å²) in [6.07, 6.45) is 1.48. The summed E-state index contributed by atoms with van der Waals surface area (Å²) in [7, 11) is 3.15. The Bertz CT molecular complexity index is 429. The summed E-state index contributed by atoms with van der Waals surface area (Å²) < 4.78 is 4.63. The van der Waals surface area contributed by atoms with Crippen molar-refractivity contribution in [2.75, 3.05) is 37.5 Å². The molecule has 0 atom stereocenters. The maximum absolute atomic E-state index is 11.2. The molecule has 0 unspecified atom stereocenters. The number of aromatic nitrogens is 2. The second-order valence-electron chi connectivity index (χ2n) is 5.61. The first kappa shape index (κ1) is 15.2. The highest BCUT2D eigenvalue weighted by Crippen LogP contribution is 2.16. The molecule has 1 aromatic rings. The summed E-state index contributed by atoms with van der Waals surface area (Å²) >= 11 is 0. The quantitative estimate of drug-likeness (QED) is 0.815. The molecule has 1 heterocycles. The van der Waals surface area contributed by atoms with Gasteiger partial charge in [0.15, 0.2) is 0 Å². The highest BCUT2D eigenvalue weighted by atomic mass is 16.5. The third-order valence-electron chi connectivity index (χ3n) is 2.44. The molecule has 0 bridgehead atoms. The fourth-order valence-electron chi connectivity index (χ4n) is 1.35. The van der Waals surface area contributed by atoms with Crippen LogP contribution < -0.4 is 10.2 Å². The van der Waals surface area contributed by atoms with E-state index in [2.05, 4.69) is 40.8 Å². The molecule has 6 nitrogen and oxygen atoms in total. The second-order valence-corrected chi connectivity index (χ2v) is 5.61. The van der Waals surface area contributed by atoms with E-state index in [1.54, 1.807) is 11.9 Å². The van der Waals surface area contributed by atoms with E-state index in [0.29, 0.717) is 5.82 Å². The fourth-order valence-corrected chi connectivity index (χ4v) is 1.35. The molecule has 106 valence electrons. The number of methoxy groups -OCH3 is 1. The summed E-state index contributed by atoms with van der Waals surface area (Å²) in [4.78, 5) is 21.2. The van der Waals surface area contributed by atoms with E-state index < -0.39 is 0 Å². The van der Waals surface area contributed by atoms with Crippen molar-refractivity contribution in [3.8, 4) is 0 Å². The highest BCUT2D eigenvalue weighted by molar-refractivity contribution is 5.75. The SMILES string of the molecule is COC(=O)CN(C)c1cc(NCC(C)(C)C)ncn1. The number of rotatable bonds is 5. The van der Waals surface area contributed by atoms with E-state index in [1.807, 2.05) is 6.07 Å². The highest BCUT2D eigenvalue weighted by Gasteiger charge is 2.12. The van der Waals surface area contributed by atoms with Crippen LogP contribution in [0.5, 0.6) is 0 Å². The van der Waals surface area contributed by atoms with E-state index in [-0.39, 0.29) is 17.9 Å². The molecule has 0 radical (unpaired) electrons. The smallest absolute Gasteiger partial charge is 0.325 e. The predicted octanol–water partition coefficient (Wildman–Crippen LogP) is 1.54. The minimum Gasteiger partial charge on any atom is -0.468 e. The summed E-state index contributed by atoms with van der Waals surface area (Å²) in [5.41, 5.74) is 0.170. The van der Waals surface area contributed by atoms with Crippen LogP contribution in [0.3, 0.4) is 0 Å². The van der Waals surface area contributed by atoms with Gasteiger partial charge in [-0.15, -0.1) is 0 Å². The lowest BCUT2D eigenvalue weighted by atomic mass is 9.97. The van der Waals surface area contributed by atoms with Crippen molar-refractivity contribution in [3.63, 3.8) is 0 Å². The van der Waals surface area contributed by atoms with Crippen molar-refractivity contribution < 1.29 is 9.53 Å². The number of nitrogens with zero attached hydrogens (tertiary/aromatic N) is 3. The Morgan fingerprint density at radius 1 is 1.42 bits per heavy atom. The van der Waals surface area contributed by atoms with Gasteiger partial charge in [-0.05, 0) is 5.41 Å². The molecule has 6 heteroatoms. The lowest BCUT2D eigenvalue weighted by Gasteiger charge is -2.20. The minimum absolute atomic E-state index is 0.159. The monoisotopic (exact) mass is 266 g/mol. The minimum atomic E-state index is -0.301. The van der Waals surface area contributed by atoms with Gasteiger partial charge in [-0.1, -0.05) is 20.8 Å². The zero-order chi connectivity index (χ0) is 14.5. The molecule has 0 spiro atoms. The largest absolute Gasteiger partial charge is 0.468 e. The first-order valence-electron chi connectivity index (χ1n) is 6.16. The molecular formula is C13H22N4O2. The second kappa shape index (κ2) is 6.36. The van der Waals surface area contributed by atoms with Crippen molar-refractivity contribution in [3.05, 3.63) is 12.4 Å². The topological polar surface area (TPSA) is 67.3 Å². The molecule has 19 heavy (non-hydrogen) atoms. The number of likely N-dealkylation sites (N-methyl/N-ethyl adjacent to an activating group) is 1. The van der Waals surface area contributed by atoms with Crippen LogP contribution in [0.2, 0.25) is 0 Å². The van der Waals surface area contributed by atoms with Gasteiger partial charge in [-0.25, -0.2) is 9.97 Å². The molecule has 0 aliphatic heterocycles. The van der Waals surface area contributed by atoms with Gasteiger partial charge in [0.1, 0.15) is 24.5 Å². The van der Waals surface area contributed by atoms with Crippen LogP contribution in [0.1, 0.15) is 20.8 Å². The van der Waals surface area contributed by atoms with Crippen LogP contribution in [-0.4, -0.2) is 43.2 Å². The predicted molar refractivity (Wildman–Crippen MR) is 75.3 cm³/mol. The third-order valence-corrected chi connectivity index (χ3v) is 2.44. The van der Waals surface area contributed by atoms with Gasteiger partial charge in [0.05, 0.1) is 7.11 Å². The number of hydrogen-bond acceptors (Lipinski definition) is 6. The Labute approximate surface area is 114 Å². The Kier molecular flexibility index (Phi) is 5.09. The molecule has 1 rings (SSSR count). The first-order valence-corrected chi connectivity index (χ1v) is 6.16. The molecular weight excluding hydrogens is 244 g/mol. The number of carbonyl (C=O) groups excluding carboxylic acids is 1. The van der Waals surface area contributed by atoms with Crippen LogP contribution in [0.4, 0.5) is 11.6 Å². The Morgan fingerprint density at radius 3 is 2.68 bits per heavy atom. The third kappa shape index (κ3) is 5.54. The summed E-state index contributed by atoms with van der Waals surface area (Å²) in [5.74, 6) is 1.12. The first-order chi connectivity index (χ1) is 8.81. The zero-order valence-electron chi connectivity index (χ0n) is 12.2. The van der Waals surface area contributed by atoms with Gasteiger partial charge in [-0.3, -0.25) is 4.79 Å². The average Bonchev–Trinajstić information content (AvgIpc) is 2.35. The van der Waals surface area contributed by atoms with Gasteiger partial charge < -0.3 is 15.0 Å². The van der Waals surface area contributed by atoms with E-state index in [4.69, 9.17) is 0 Å². The van der Waals surface area contributed by atoms with Gasteiger partial charge in [0, 0.05) is 19.7 Å². The molecule has 0 saturated heterocycles.